The molecule has 0 aromatic heterocycles. The maximum atomic E-state index is 13.9. The van der Waals surface area contributed by atoms with E-state index in [2.05, 4.69) is 0 Å². The standard InChI is InChI=1S/C14H15F2NO4/c1-21-11-3-2-10(15)6-9(11)7-12(18)17-5-4-14(16,8-17)13(19)20/h2-3,6H,4-5,7-8H2,1H3,(H,19,20). The lowest BCUT2D eigenvalue weighted by Gasteiger charge is -2.18. The fourth-order valence-corrected chi connectivity index (χ4v) is 2.32. The number of hydrogen-bond donors (Lipinski definition) is 1. The van der Waals surface area contributed by atoms with Gasteiger partial charge in [-0.1, -0.05) is 0 Å². The van der Waals surface area contributed by atoms with Gasteiger partial charge in [-0.25, -0.2) is 13.6 Å². The normalized spacial score (nSPS) is 21.4. The summed E-state index contributed by atoms with van der Waals surface area (Å²) >= 11 is 0. The summed E-state index contributed by atoms with van der Waals surface area (Å²) in [5, 5.41) is 8.80. The molecule has 1 amide bonds. The molecule has 2 rings (SSSR count). The van der Waals surface area contributed by atoms with Crippen LogP contribution in [0.3, 0.4) is 0 Å². The molecule has 21 heavy (non-hydrogen) atoms. The highest BCUT2D eigenvalue weighted by molar-refractivity contribution is 5.83. The quantitative estimate of drug-likeness (QED) is 0.912. The summed E-state index contributed by atoms with van der Waals surface area (Å²) in [6, 6.07) is 3.78. The smallest absolute Gasteiger partial charge is 0.343 e. The highest BCUT2D eigenvalue weighted by Crippen LogP contribution is 2.27. The average Bonchev–Trinajstić information content (AvgIpc) is 2.83. The predicted octanol–water partition coefficient (Wildman–Crippen LogP) is 1.40. The monoisotopic (exact) mass is 299 g/mol. The van der Waals surface area contributed by atoms with Crippen LogP contribution in [0, 0.1) is 5.82 Å². The number of aliphatic carboxylic acids is 1. The predicted molar refractivity (Wildman–Crippen MR) is 69.3 cm³/mol. The summed E-state index contributed by atoms with van der Waals surface area (Å²) in [7, 11) is 1.40. The molecular formula is C14H15F2NO4. The molecule has 114 valence electrons. The van der Waals surface area contributed by atoms with Crippen molar-refractivity contribution in [2.75, 3.05) is 20.2 Å². The van der Waals surface area contributed by atoms with Crippen molar-refractivity contribution < 1.29 is 28.2 Å². The fourth-order valence-electron chi connectivity index (χ4n) is 2.32. The number of carboxylic acids is 1. The van der Waals surface area contributed by atoms with Crippen LogP contribution in [0.25, 0.3) is 0 Å². The zero-order chi connectivity index (χ0) is 15.6. The molecule has 5 nitrogen and oxygen atoms in total. The summed E-state index contributed by atoms with van der Waals surface area (Å²) in [5.74, 6) is -2.18. The van der Waals surface area contributed by atoms with Gasteiger partial charge >= 0.3 is 5.97 Å². The second-order valence-corrected chi connectivity index (χ2v) is 4.97. The van der Waals surface area contributed by atoms with E-state index in [0.717, 1.165) is 4.90 Å². The molecule has 1 aromatic rings. The Labute approximate surface area is 120 Å². The Morgan fingerprint density at radius 1 is 1.48 bits per heavy atom. The molecule has 1 fully saturated rings. The number of carboxylic acid groups (broad SMARTS) is 1. The van der Waals surface area contributed by atoms with Crippen molar-refractivity contribution in [3.8, 4) is 5.75 Å². The van der Waals surface area contributed by atoms with Gasteiger partial charge in [0.2, 0.25) is 11.6 Å². The first kappa shape index (κ1) is 15.2. The number of amides is 1. The number of nitrogens with zero attached hydrogens (tertiary/aromatic N) is 1. The van der Waals surface area contributed by atoms with Crippen molar-refractivity contribution in [2.45, 2.75) is 18.5 Å². The molecule has 1 aromatic carbocycles. The Morgan fingerprint density at radius 3 is 2.76 bits per heavy atom. The molecule has 1 N–H and O–H groups in total. The van der Waals surface area contributed by atoms with Gasteiger partial charge in [-0.3, -0.25) is 4.79 Å². The molecule has 0 bridgehead atoms. The highest BCUT2D eigenvalue weighted by Gasteiger charge is 2.46. The van der Waals surface area contributed by atoms with E-state index in [0.29, 0.717) is 11.3 Å². The third kappa shape index (κ3) is 3.12. The molecule has 1 aliphatic heterocycles. The second-order valence-electron chi connectivity index (χ2n) is 4.97. The van der Waals surface area contributed by atoms with E-state index in [1.165, 1.54) is 25.3 Å². The van der Waals surface area contributed by atoms with Gasteiger partial charge in [-0.05, 0) is 18.2 Å². The van der Waals surface area contributed by atoms with E-state index < -0.39 is 29.9 Å². The third-order valence-corrected chi connectivity index (χ3v) is 3.54. The topological polar surface area (TPSA) is 66.8 Å². The first-order valence-corrected chi connectivity index (χ1v) is 6.38. The molecule has 1 atom stereocenters. The number of rotatable bonds is 4. The van der Waals surface area contributed by atoms with Gasteiger partial charge in [0.1, 0.15) is 11.6 Å². The van der Waals surface area contributed by atoms with Crippen LogP contribution in [-0.2, 0) is 16.0 Å². The van der Waals surface area contributed by atoms with Gasteiger partial charge in [0.05, 0.1) is 20.1 Å². The SMILES string of the molecule is COc1ccc(F)cc1CC(=O)N1CCC(F)(C(=O)O)C1. The zero-order valence-corrected chi connectivity index (χ0v) is 11.4. The second kappa shape index (κ2) is 5.67. The molecule has 0 saturated carbocycles. The molecule has 1 saturated heterocycles. The average molecular weight is 299 g/mol. The lowest BCUT2D eigenvalue weighted by Crippen LogP contribution is -2.39. The van der Waals surface area contributed by atoms with Crippen molar-refractivity contribution in [3.63, 3.8) is 0 Å². The van der Waals surface area contributed by atoms with E-state index in [4.69, 9.17) is 9.84 Å². The molecule has 7 heteroatoms. The molecule has 1 aliphatic rings. The van der Waals surface area contributed by atoms with Crippen LogP contribution in [0.1, 0.15) is 12.0 Å². The Bertz CT molecular complexity index is 578. The number of methoxy groups -OCH3 is 1. The Hall–Kier alpha value is -2.18. The fraction of sp³-hybridized carbons (Fsp3) is 0.429. The maximum absolute atomic E-state index is 13.9. The van der Waals surface area contributed by atoms with Crippen molar-refractivity contribution in [2.24, 2.45) is 0 Å². The number of benzene rings is 1. The van der Waals surface area contributed by atoms with Crippen LogP contribution in [0.15, 0.2) is 18.2 Å². The minimum absolute atomic E-state index is 0.0270. The minimum atomic E-state index is -2.40. The number of carbonyl (C=O) groups excluding carboxylic acids is 1. The molecule has 1 heterocycles. The lowest BCUT2D eigenvalue weighted by molar-refractivity contribution is -0.150. The first-order valence-electron chi connectivity index (χ1n) is 6.38. The maximum Gasteiger partial charge on any atom is 0.343 e. The van der Waals surface area contributed by atoms with E-state index in [1.807, 2.05) is 0 Å². The molecule has 0 spiro atoms. The summed E-state index contributed by atoms with van der Waals surface area (Å²) in [6.45, 7) is -0.460. The van der Waals surface area contributed by atoms with E-state index >= 15 is 0 Å². The van der Waals surface area contributed by atoms with Gasteiger partial charge in [0.15, 0.2) is 0 Å². The largest absolute Gasteiger partial charge is 0.496 e. The molecule has 0 aliphatic carbocycles. The van der Waals surface area contributed by atoms with Crippen LogP contribution in [0.4, 0.5) is 8.78 Å². The van der Waals surface area contributed by atoms with E-state index in [-0.39, 0.29) is 19.4 Å². The van der Waals surface area contributed by atoms with Crippen LogP contribution in [0.5, 0.6) is 5.75 Å². The van der Waals surface area contributed by atoms with Crippen LogP contribution in [-0.4, -0.2) is 47.8 Å². The van der Waals surface area contributed by atoms with Gasteiger partial charge in [-0.15, -0.1) is 0 Å². The van der Waals surface area contributed by atoms with E-state index in [9.17, 15) is 18.4 Å². The third-order valence-electron chi connectivity index (χ3n) is 3.54. The number of ether oxygens (including phenoxy) is 1. The Balaban J connectivity index is 2.10. The molecular weight excluding hydrogens is 284 g/mol. The number of hydrogen-bond acceptors (Lipinski definition) is 3. The van der Waals surface area contributed by atoms with E-state index in [1.54, 1.807) is 0 Å². The Morgan fingerprint density at radius 2 is 2.19 bits per heavy atom. The minimum Gasteiger partial charge on any atom is -0.496 e. The highest BCUT2D eigenvalue weighted by atomic mass is 19.1. The number of likely N-dealkylation sites (tertiary alicyclic amines) is 1. The number of carbonyl (C=O) groups is 2. The first-order chi connectivity index (χ1) is 9.85. The number of alkyl halides is 1. The molecule has 1 unspecified atom stereocenters. The van der Waals surface area contributed by atoms with Crippen LogP contribution < -0.4 is 4.74 Å². The van der Waals surface area contributed by atoms with Crippen LogP contribution >= 0.6 is 0 Å². The van der Waals surface area contributed by atoms with Gasteiger partial charge in [0.25, 0.3) is 0 Å². The van der Waals surface area contributed by atoms with Gasteiger partial charge in [-0.2, -0.15) is 0 Å². The van der Waals surface area contributed by atoms with Crippen molar-refractivity contribution in [1.82, 2.24) is 4.90 Å². The van der Waals surface area contributed by atoms with Crippen molar-refractivity contribution >= 4 is 11.9 Å². The summed E-state index contributed by atoms with van der Waals surface area (Å²) in [5.41, 5.74) is -2.06. The van der Waals surface area contributed by atoms with Crippen molar-refractivity contribution in [1.29, 1.82) is 0 Å². The summed E-state index contributed by atoms with van der Waals surface area (Å²) < 4.78 is 32.2. The number of halogens is 2. The zero-order valence-electron chi connectivity index (χ0n) is 11.4. The van der Waals surface area contributed by atoms with Gasteiger partial charge in [0, 0.05) is 18.5 Å². The lowest BCUT2D eigenvalue weighted by atomic mass is 10.1. The summed E-state index contributed by atoms with van der Waals surface area (Å²) in [6.07, 6.45) is -0.412. The van der Waals surface area contributed by atoms with Crippen LogP contribution in [0.2, 0.25) is 0 Å². The van der Waals surface area contributed by atoms with Gasteiger partial charge < -0.3 is 14.7 Å². The Kier molecular flexibility index (Phi) is 4.11. The summed E-state index contributed by atoms with van der Waals surface area (Å²) in [4.78, 5) is 24.0. The van der Waals surface area contributed by atoms with Crippen molar-refractivity contribution in [3.05, 3.63) is 29.6 Å². The molecule has 0 radical (unpaired) electrons.